The van der Waals surface area contributed by atoms with Gasteiger partial charge in [0.05, 0.1) is 18.2 Å². The van der Waals surface area contributed by atoms with Crippen molar-refractivity contribution in [2.24, 2.45) is 23.7 Å². The summed E-state index contributed by atoms with van der Waals surface area (Å²) in [6, 6.07) is 5.89. The van der Waals surface area contributed by atoms with E-state index in [1.165, 1.54) is 0 Å². The molecule has 1 saturated heterocycles. The Morgan fingerprint density at radius 2 is 2.07 bits per heavy atom. The van der Waals surface area contributed by atoms with Crippen LogP contribution in [0.15, 0.2) is 47.4 Å². The van der Waals surface area contributed by atoms with Crippen LogP contribution >= 0.6 is 12.4 Å². The Labute approximate surface area is 177 Å². The molecule has 0 bridgehead atoms. The van der Waals surface area contributed by atoms with Crippen molar-refractivity contribution in [2.75, 3.05) is 0 Å². The van der Waals surface area contributed by atoms with Crippen molar-refractivity contribution < 1.29 is 19.1 Å². The number of carbonyl (C=O) groups excluding carboxylic acids is 1. The lowest BCUT2D eigenvalue weighted by Crippen LogP contribution is -2.53. The molecule has 156 valence electrons. The number of rotatable bonds is 4. The summed E-state index contributed by atoms with van der Waals surface area (Å²) in [5.41, 5.74) is 1.47. The van der Waals surface area contributed by atoms with E-state index >= 15 is 0 Å². The molecule has 29 heavy (non-hydrogen) atoms. The molecule has 2 aliphatic rings. The SMILES string of the molecule is CC[C@H]1[C@H](/C=C/c2ccc(-c3ccoc3)cn2)[C@@H]2[C@@H](C)OC(=O)[C@]2(O)C[C@@H]1C.Cl. The van der Waals surface area contributed by atoms with E-state index in [0.29, 0.717) is 12.3 Å². The Bertz CT molecular complexity index is 864. The van der Waals surface area contributed by atoms with Gasteiger partial charge in [0.2, 0.25) is 0 Å². The fraction of sp³-hybridized carbons (Fsp3) is 0.478. The van der Waals surface area contributed by atoms with Crippen molar-refractivity contribution in [1.29, 1.82) is 0 Å². The number of nitrogens with zero attached hydrogens (tertiary/aromatic N) is 1. The minimum Gasteiger partial charge on any atom is -0.472 e. The number of halogens is 1. The standard InChI is InChI=1S/C23H27NO4.ClH/c1-4-19-14(2)11-23(26)21(15(3)28-22(23)25)20(19)8-7-18-6-5-16(12-24-18)17-9-10-27-13-17;/h5-10,12-15,19-21,26H,4,11H2,1-3H3;1H/b8-7+;/t14-,15+,19+,20-,21-,23-;/m0./s1. The summed E-state index contributed by atoms with van der Waals surface area (Å²) in [6.07, 6.45) is 10.5. The molecule has 1 N–H and O–H groups in total. The number of furan rings is 1. The van der Waals surface area contributed by atoms with Gasteiger partial charge in [-0.3, -0.25) is 4.98 Å². The van der Waals surface area contributed by atoms with E-state index in [0.717, 1.165) is 23.2 Å². The smallest absolute Gasteiger partial charge is 0.338 e. The van der Waals surface area contributed by atoms with Gasteiger partial charge in [0.25, 0.3) is 0 Å². The molecule has 1 aliphatic carbocycles. The van der Waals surface area contributed by atoms with Crippen molar-refractivity contribution in [2.45, 2.75) is 45.3 Å². The second-order valence-corrected chi connectivity index (χ2v) is 8.23. The van der Waals surface area contributed by atoms with Gasteiger partial charge in [-0.2, -0.15) is 0 Å². The van der Waals surface area contributed by atoms with Crippen molar-refractivity contribution in [3.05, 3.63) is 48.7 Å². The summed E-state index contributed by atoms with van der Waals surface area (Å²) >= 11 is 0. The highest BCUT2D eigenvalue weighted by Gasteiger charge is 2.62. The quantitative estimate of drug-likeness (QED) is 0.726. The lowest BCUT2D eigenvalue weighted by Gasteiger charge is -2.45. The third-order valence-corrected chi connectivity index (χ3v) is 6.58. The number of fused-ring (bicyclic) bond motifs is 1. The van der Waals surface area contributed by atoms with Crippen LogP contribution in [0.25, 0.3) is 17.2 Å². The molecule has 0 radical (unpaired) electrons. The van der Waals surface area contributed by atoms with Crippen LogP contribution < -0.4 is 0 Å². The van der Waals surface area contributed by atoms with E-state index < -0.39 is 11.6 Å². The first-order chi connectivity index (χ1) is 13.4. The highest BCUT2D eigenvalue weighted by atomic mass is 35.5. The Kier molecular flexibility index (Phi) is 6.20. The zero-order valence-corrected chi connectivity index (χ0v) is 17.8. The number of aliphatic hydroxyl groups is 1. The van der Waals surface area contributed by atoms with Crippen LogP contribution in [-0.2, 0) is 9.53 Å². The normalized spacial score (nSPS) is 33.9. The third kappa shape index (κ3) is 3.74. The summed E-state index contributed by atoms with van der Waals surface area (Å²) < 4.78 is 10.6. The summed E-state index contributed by atoms with van der Waals surface area (Å²) in [4.78, 5) is 16.9. The zero-order valence-electron chi connectivity index (χ0n) is 16.9. The van der Waals surface area contributed by atoms with Crippen molar-refractivity contribution in [1.82, 2.24) is 4.98 Å². The van der Waals surface area contributed by atoms with Crippen LogP contribution in [0.2, 0.25) is 0 Å². The Morgan fingerprint density at radius 1 is 1.28 bits per heavy atom. The number of hydrogen-bond acceptors (Lipinski definition) is 5. The molecular formula is C23H28ClNO4. The molecule has 6 heteroatoms. The molecule has 2 fully saturated rings. The number of hydrogen-bond donors (Lipinski definition) is 1. The molecule has 1 aliphatic heterocycles. The van der Waals surface area contributed by atoms with Crippen LogP contribution in [0.5, 0.6) is 0 Å². The topological polar surface area (TPSA) is 72.6 Å². The van der Waals surface area contributed by atoms with Crippen molar-refractivity contribution >= 4 is 24.5 Å². The van der Waals surface area contributed by atoms with Crippen LogP contribution in [-0.4, -0.2) is 27.8 Å². The van der Waals surface area contributed by atoms with Gasteiger partial charge in [-0.05, 0) is 49.3 Å². The number of carbonyl (C=O) groups is 1. The van der Waals surface area contributed by atoms with Crippen LogP contribution in [0.4, 0.5) is 0 Å². The number of allylic oxidation sites excluding steroid dienone is 1. The first-order valence-electron chi connectivity index (χ1n) is 10.0. The van der Waals surface area contributed by atoms with Gasteiger partial charge in [-0.25, -0.2) is 4.79 Å². The van der Waals surface area contributed by atoms with Gasteiger partial charge in [0.1, 0.15) is 6.10 Å². The van der Waals surface area contributed by atoms with Gasteiger partial charge >= 0.3 is 5.97 Å². The van der Waals surface area contributed by atoms with Gasteiger partial charge in [-0.15, -0.1) is 12.4 Å². The molecule has 3 heterocycles. The predicted molar refractivity (Wildman–Crippen MR) is 113 cm³/mol. The van der Waals surface area contributed by atoms with Crippen LogP contribution in [0, 0.1) is 23.7 Å². The van der Waals surface area contributed by atoms with Gasteiger partial charge in [-0.1, -0.05) is 32.4 Å². The molecule has 0 unspecified atom stereocenters. The molecule has 0 amide bonds. The largest absolute Gasteiger partial charge is 0.472 e. The van der Waals surface area contributed by atoms with Crippen molar-refractivity contribution in [3.63, 3.8) is 0 Å². The Morgan fingerprint density at radius 3 is 2.69 bits per heavy atom. The summed E-state index contributed by atoms with van der Waals surface area (Å²) in [5, 5.41) is 11.1. The number of cyclic esters (lactones) is 1. The maximum absolute atomic E-state index is 12.3. The average Bonchev–Trinajstić information content (AvgIpc) is 3.27. The van der Waals surface area contributed by atoms with E-state index in [9.17, 15) is 9.90 Å². The summed E-state index contributed by atoms with van der Waals surface area (Å²) in [7, 11) is 0. The highest BCUT2D eigenvalue weighted by Crippen LogP contribution is 2.52. The first-order valence-corrected chi connectivity index (χ1v) is 10.0. The number of ether oxygens (including phenoxy) is 1. The fourth-order valence-electron chi connectivity index (χ4n) is 5.26. The molecule has 4 rings (SSSR count). The first kappa shape index (κ1) is 21.6. The molecule has 5 nitrogen and oxygen atoms in total. The highest BCUT2D eigenvalue weighted by molar-refractivity contribution is 5.85. The zero-order chi connectivity index (χ0) is 19.9. The van der Waals surface area contributed by atoms with E-state index in [2.05, 4.69) is 24.9 Å². The second-order valence-electron chi connectivity index (χ2n) is 8.23. The second kappa shape index (κ2) is 8.33. The molecule has 0 spiro atoms. The number of esters is 1. The summed E-state index contributed by atoms with van der Waals surface area (Å²) in [5.74, 6) is 0.0180. The minimum absolute atomic E-state index is 0. The van der Waals surface area contributed by atoms with Gasteiger partial charge < -0.3 is 14.3 Å². The van der Waals surface area contributed by atoms with Crippen molar-refractivity contribution in [3.8, 4) is 11.1 Å². The monoisotopic (exact) mass is 417 g/mol. The average molecular weight is 418 g/mol. The van der Waals surface area contributed by atoms with Crippen LogP contribution in [0.1, 0.15) is 39.3 Å². The molecule has 2 aromatic rings. The Hall–Kier alpha value is -2.11. The molecule has 1 saturated carbocycles. The maximum atomic E-state index is 12.3. The van der Waals surface area contributed by atoms with Gasteiger partial charge in [0.15, 0.2) is 5.60 Å². The Balaban J connectivity index is 0.00000240. The molecular weight excluding hydrogens is 390 g/mol. The van der Waals surface area contributed by atoms with E-state index in [4.69, 9.17) is 9.15 Å². The van der Waals surface area contributed by atoms with E-state index in [1.807, 2.05) is 37.4 Å². The van der Waals surface area contributed by atoms with E-state index in [-0.39, 0.29) is 36.3 Å². The maximum Gasteiger partial charge on any atom is 0.338 e. The molecule has 2 aromatic heterocycles. The number of pyridine rings is 1. The lowest BCUT2D eigenvalue weighted by atomic mass is 9.59. The van der Waals surface area contributed by atoms with Gasteiger partial charge in [0, 0.05) is 23.2 Å². The lowest BCUT2D eigenvalue weighted by molar-refractivity contribution is -0.160. The fourth-order valence-corrected chi connectivity index (χ4v) is 5.26. The predicted octanol–water partition coefficient (Wildman–Crippen LogP) is 4.75. The summed E-state index contributed by atoms with van der Waals surface area (Å²) in [6.45, 7) is 6.19. The molecule has 6 atom stereocenters. The minimum atomic E-state index is -1.38. The van der Waals surface area contributed by atoms with E-state index in [1.54, 1.807) is 12.5 Å². The van der Waals surface area contributed by atoms with Crippen LogP contribution in [0.3, 0.4) is 0 Å². The molecule has 0 aromatic carbocycles. The number of aromatic nitrogens is 1. The third-order valence-electron chi connectivity index (χ3n) is 6.58.